The van der Waals surface area contributed by atoms with Crippen molar-refractivity contribution in [2.75, 3.05) is 31.6 Å². The van der Waals surface area contributed by atoms with Crippen LogP contribution in [0.5, 0.6) is 0 Å². The van der Waals surface area contributed by atoms with Gasteiger partial charge >= 0.3 is 5.97 Å². The first-order valence-electron chi connectivity index (χ1n) is 18.5. The standard InChI is InChI=1S/C42H47N3O7/c1-28-37(30-16-6-5-7-17-30)51-41(50)35-33(19-10-11-20-34(47)43(28)2)52-42-23-14-25-44(32-22-21-29-15-8-9-18-31(29)27-32)40(49)38(42)45(39(48)36(35)42)24-12-3-4-13-26-46/h5-10,14-19,21-23,27-28,33,35-38,46H,3-4,11-13,20,24-26H2,1-2H3/b19-10-/t28-,33-,35+,36+,37+,38-,42+/m1/s1. The predicted octanol–water partition coefficient (Wildman–Crippen LogP) is 5.36. The Balaban J connectivity index is 1.29. The number of amides is 3. The molecule has 3 aromatic rings. The number of cyclic esters (lactones) is 1. The second-order valence-electron chi connectivity index (χ2n) is 14.4. The van der Waals surface area contributed by atoms with Gasteiger partial charge in [-0.25, -0.2) is 0 Å². The summed E-state index contributed by atoms with van der Waals surface area (Å²) in [5.41, 5.74) is 0.0162. The maximum absolute atomic E-state index is 15.0. The van der Waals surface area contributed by atoms with Gasteiger partial charge in [-0.3, -0.25) is 19.2 Å². The molecule has 7 rings (SSSR count). The van der Waals surface area contributed by atoms with Gasteiger partial charge in [-0.2, -0.15) is 0 Å². The number of unbranched alkanes of at least 4 members (excludes halogenated alkanes) is 3. The lowest BCUT2D eigenvalue weighted by molar-refractivity contribution is -0.164. The molecule has 3 aromatic carbocycles. The molecular formula is C42H47N3O7. The van der Waals surface area contributed by atoms with Crippen LogP contribution in [0.4, 0.5) is 5.69 Å². The van der Waals surface area contributed by atoms with E-state index in [1.807, 2.05) is 97.9 Å². The van der Waals surface area contributed by atoms with E-state index in [4.69, 9.17) is 9.47 Å². The summed E-state index contributed by atoms with van der Waals surface area (Å²) in [6.07, 6.45) is 9.19. The first kappa shape index (κ1) is 35.6. The molecule has 10 nitrogen and oxygen atoms in total. The summed E-state index contributed by atoms with van der Waals surface area (Å²) in [7, 11) is 1.72. The lowest BCUT2D eigenvalue weighted by atomic mass is 9.77. The van der Waals surface area contributed by atoms with Crippen molar-refractivity contribution in [2.24, 2.45) is 11.8 Å². The number of fused-ring (bicyclic) bond motifs is 3. The predicted molar refractivity (Wildman–Crippen MR) is 197 cm³/mol. The number of rotatable bonds is 8. The maximum atomic E-state index is 15.0. The SMILES string of the molecule is C[C@@H]1[C@@H](c2ccccc2)OC(=O)[C@@H]2[C@H]3C(=O)N(CCCCCCO)[C@@H]4C(=O)N(c5ccc6ccccc6c5)CC=C[C@]34O[C@@H]2/C=C\CCC(=O)N1C. The molecule has 52 heavy (non-hydrogen) atoms. The monoisotopic (exact) mass is 705 g/mol. The molecule has 1 N–H and O–H groups in total. The Morgan fingerprint density at radius 3 is 2.40 bits per heavy atom. The van der Waals surface area contributed by atoms with E-state index in [9.17, 15) is 24.3 Å². The van der Waals surface area contributed by atoms with Crippen LogP contribution in [0.1, 0.15) is 57.1 Å². The molecule has 7 atom stereocenters. The van der Waals surface area contributed by atoms with Crippen molar-refractivity contribution in [2.45, 2.75) is 75.3 Å². The van der Waals surface area contributed by atoms with Gasteiger partial charge in [-0.15, -0.1) is 0 Å². The Morgan fingerprint density at radius 1 is 0.865 bits per heavy atom. The number of likely N-dealkylation sites (tertiary alicyclic amines) is 1. The smallest absolute Gasteiger partial charge is 0.313 e. The summed E-state index contributed by atoms with van der Waals surface area (Å²) >= 11 is 0. The Kier molecular flexibility index (Phi) is 10.3. The van der Waals surface area contributed by atoms with Gasteiger partial charge in [0, 0.05) is 38.9 Å². The highest BCUT2D eigenvalue weighted by molar-refractivity contribution is 6.06. The molecule has 2 fully saturated rings. The van der Waals surface area contributed by atoms with Gasteiger partial charge in [0.15, 0.2) is 0 Å². The Bertz CT molecular complexity index is 1880. The Morgan fingerprint density at radius 2 is 1.62 bits per heavy atom. The summed E-state index contributed by atoms with van der Waals surface area (Å²) in [5, 5.41) is 11.4. The zero-order chi connectivity index (χ0) is 36.4. The molecule has 4 heterocycles. The van der Waals surface area contributed by atoms with E-state index in [-0.39, 0.29) is 37.3 Å². The number of carbonyl (C=O) groups is 4. The zero-order valence-electron chi connectivity index (χ0n) is 29.8. The van der Waals surface area contributed by atoms with Gasteiger partial charge in [0.1, 0.15) is 23.7 Å². The van der Waals surface area contributed by atoms with Crippen LogP contribution in [0.25, 0.3) is 10.8 Å². The number of nitrogens with zero attached hydrogens (tertiary/aromatic N) is 3. The summed E-state index contributed by atoms with van der Waals surface area (Å²) in [4.78, 5) is 62.6. The van der Waals surface area contributed by atoms with Gasteiger partial charge < -0.3 is 29.3 Å². The third kappa shape index (κ3) is 6.43. The first-order chi connectivity index (χ1) is 25.2. The number of aliphatic hydroxyl groups is 1. The topological polar surface area (TPSA) is 117 Å². The molecule has 0 radical (unpaired) electrons. The first-order valence-corrected chi connectivity index (χ1v) is 18.5. The van der Waals surface area contributed by atoms with Crippen molar-refractivity contribution in [1.82, 2.24) is 9.80 Å². The number of allylic oxidation sites excluding steroid dienone is 1. The highest BCUT2D eigenvalue weighted by Crippen LogP contribution is 2.53. The van der Waals surface area contributed by atoms with Crippen molar-refractivity contribution in [3.05, 3.63) is 103 Å². The van der Waals surface area contributed by atoms with Crippen LogP contribution < -0.4 is 4.90 Å². The third-order valence-corrected chi connectivity index (χ3v) is 11.3. The highest BCUT2D eigenvalue weighted by Gasteiger charge is 2.71. The van der Waals surface area contributed by atoms with Crippen molar-refractivity contribution < 1.29 is 33.8 Å². The van der Waals surface area contributed by atoms with Crippen molar-refractivity contribution in [3.8, 4) is 0 Å². The molecule has 272 valence electrons. The number of hydrogen-bond acceptors (Lipinski definition) is 7. The van der Waals surface area contributed by atoms with Gasteiger partial charge in [0.2, 0.25) is 11.8 Å². The van der Waals surface area contributed by atoms with Crippen LogP contribution in [0, 0.1) is 11.8 Å². The number of carbonyl (C=O) groups excluding carboxylic acids is 4. The van der Waals surface area contributed by atoms with E-state index in [1.165, 1.54) is 0 Å². The average molecular weight is 706 g/mol. The van der Waals surface area contributed by atoms with Gasteiger partial charge in [-0.1, -0.05) is 97.8 Å². The molecular weight excluding hydrogens is 658 g/mol. The molecule has 4 aliphatic rings. The van der Waals surface area contributed by atoms with E-state index < -0.39 is 47.7 Å². The van der Waals surface area contributed by atoms with Crippen molar-refractivity contribution >= 4 is 40.2 Å². The van der Waals surface area contributed by atoms with Crippen molar-refractivity contribution in [3.63, 3.8) is 0 Å². The van der Waals surface area contributed by atoms with Crippen LogP contribution in [0.2, 0.25) is 0 Å². The zero-order valence-corrected chi connectivity index (χ0v) is 29.8. The minimum absolute atomic E-state index is 0.0787. The number of hydrogen-bond donors (Lipinski definition) is 1. The lowest BCUT2D eigenvalue weighted by Crippen LogP contribution is -2.55. The van der Waals surface area contributed by atoms with Gasteiger partial charge in [0.05, 0.1) is 18.1 Å². The summed E-state index contributed by atoms with van der Waals surface area (Å²) in [6, 6.07) is 21.7. The van der Waals surface area contributed by atoms with E-state index in [2.05, 4.69) is 0 Å². The molecule has 0 unspecified atom stereocenters. The quantitative estimate of drug-likeness (QED) is 0.191. The maximum Gasteiger partial charge on any atom is 0.313 e. The number of benzene rings is 3. The largest absolute Gasteiger partial charge is 0.455 e. The van der Waals surface area contributed by atoms with Crippen LogP contribution >= 0.6 is 0 Å². The third-order valence-electron chi connectivity index (χ3n) is 11.3. The van der Waals surface area contributed by atoms with Gasteiger partial charge in [-0.05, 0) is 54.7 Å². The van der Waals surface area contributed by atoms with E-state index in [0.29, 0.717) is 31.5 Å². The molecule has 10 heteroatoms. The molecule has 0 saturated carbocycles. The molecule has 4 aliphatic heterocycles. The second kappa shape index (κ2) is 15.0. The van der Waals surface area contributed by atoms with Gasteiger partial charge in [0.25, 0.3) is 5.91 Å². The number of aliphatic hydroxyl groups excluding tert-OH is 1. The molecule has 0 aliphatic carbocycles. The Labute approximate surface area is 304 Å². The molecule has 2 saturated heterocycles. The van der Waals surface area contributed by atoms with E-state index in [0.717, 1.165) is 29.2 Å². The fraction of sp³-hybridized carbons (Fsp3) is 0.429. The summed E-state index contributed by atoms with van der Waals surface area (Å²) in [6.45, 7) is 2.53. The fourth-order valence-corrected chi connectivity index (χ4v) is 8.45. The van der Waals surface area contributed by atoms with Crippen LogP contribution in [-0.2, 0) is 28.7 Å². The lowest BCUT2D eigenvalue weighted by Gasteiger charge is -2.35. The molecule has 0 bridgehead atoms. The number of anilines is 1. The van der Waals surface area contributed by atoms with Crippen LogP contribution in [0.15, 0.2) is 97.1 Å². The summed E-state index contributed by atoms with van der Waals surface area (Å²) in [5.74, 6) is -3.31. The number of esters is 1. The van der Waals surface area contributed by atoms with Crippen LogP contribution in [-0.4, -0.2) is 89.1 Å². The molecule has 1 spiro atoms. The van der Waals surface area contributed by atoms with E-state index >= 15 is 0 Å². The van der Waals surface area contributed by atoms with E-state index in [1.54, 1.807) is 27.8 Å². The minimum Gasteiger partial charge on any atom is -0.455 e. The minimum atomic E-state index is -1.43. The summed E-state index contributed by atoms with van der Waals surface area (Å²) < 4.78 is 13.3. The number of ether oxygens (including phenoxy) is 2. The second-order valence-corrected chi connectivity index (χ2v) is 14.4. The molecule has 3 amide bonds. The normalized spacial score (nSPS) is 29.9. The highest BCUT2D eigenvalue weighted by atomic mass is 16.6. The Hall–Kier alpha value is -4.80. The molecule has 0 aromatic heterocycles. The fourth-order valence-electron chi connectivity index (χ4n) is 8.45. The van der Waals surface area contributed by atoms with Crippen molar-refractivity contribution in [1.29, 1.82) is 0 Å². The average Bonchev–Trinajstić information content (AvgIpc) is 3.54. The number of likely N-dealkylation sites (N-methyl/N-ethyl adjacent to an activating group) is 1. The van der Waals surface area contributed by atoms with Crippen LogP contribution in [0.3, 0.4) is 0 Å².